The first-order valence-electron chi connectivity index (χ1n) is 11.8. The highest BCUT2D eigenvalue weighted by Crippen LogP contribution is 2.24. The molecule has 0 aliphatic carbocycles. The number of aryl methyl sites for hydroxylation is 2. The number of sulfonamides is 1. The van der Waals surface area contributed by atoms with Crippen molar-refractivity contribution in [2.24, 2.45) is 5.92 Å². The third-order valence-electron chi connectivity index (χ3n) is 6.21. The number of hydrogen-bond acceptors (Lipinski definition) is 3. The molecule has 34 heavy (non-hydrogen) atoms. The van der Waals surface area contributed by atoms with Crippen molar-refractivity contribution in [3.8, 4) is 5.75 Å². The van der Waals surface area contributed by atoms with Crippen molar-refractivity contribution < 1.29 is 17.5 Å². The van der Waals surface area contributed by atoms with Gasteiger partial charge in [0.1, 0.15) is 11.6 Å². The summed E-state index contributed by atoms with van der Waals surface area (Å²) in [4.78, 5) is 0.313. The summed E-state index contributed by atoms with van der Waals surface area (Å²) in [5, 5.41) is 0. The quantitative estimate of drug-likeness (QED) is 0.300. The van der Waals surface area contributed by atoms with Crippen LogP contribution in [0.4, 0.5) is 4.39 Å². The van der Waals surface area contributed by atoms with Crippen LogP contribution in [0.5, 0.6) is 5.75 Å². The van der Waals surface area contributed by atoms with E-state index in [4.69, 9.17) is 4.74 Å². The number of rotatable bonds is 12. The lowest BCUT2D eigenvalue weighted by Gasteiger charge is -2.27. The molecule has 0 heterocycles. The van der Waals surface area contributed by atoms with Gasteiger partial charge in [0.2, 0.25) is 10.0 Å². The Morgan fingerprint density at radius 1 is 0.912 bits per heavy atom. The molecule has 0 bridgehead atoms. The Hall–Kier alpha value is -2.70. The molecule has 0 radical (unpaired) electrons. The highest BCUT2D eigenvalue weighted by atomic mass is 32.2. The summed E-state index contributed by atoms with van der Waals surface area (Å²) in [6, 6.07) is 21.1. The first kappa shape index (κ1) is 25.9. The van der Waals surface area contributed by atoms with Crippen LogP contribution in [-0.2, 0) is 23.0 Å². The normalized spacial score (nSPS) is 12.6. The van der Waals surface area contributed by atoms with E-state index in [9.17, 15) is 12.8 Å². The average molecular weight is 484 g/mol. The number of nitrogens with zero attached hydrogens (tertiary/aromatic N) is 1. The number of benzene rings is 3. The van der Waals surface area contributed by atoms with Crippen molar-refractivity contribution in [1.82, 2.24) is 4.31 Å². The molecule has 0 fully saturated rings. The molecular weight excluding hydrogens is 449 g/mol. The van der Waals surface area contributed by atoms with Crippen LogP contribution < -0.4 is 4.74 Å². The van der Waals surface area contributed by atoms with Gasteiger partial charge in [-0.1, -0.05) is 55.3 Å². The molecule has 0 saturated heterocycles. The van der Waals surface area contributed by atoms with Crippen molar-refractivity contribution in [2.75, 3.05) is 13.7 Å². The largest absolute Gasteiger partial charge is 0.497 e. The Morgan fingerprint density at radius 2 is 1.53 bits per heavy atom. The van der Waals surface area contributed by atoms with E-state index < -0.39 is 10.0 Å². The Bertz CT molecular complexity index is 1130. The SMILES string of the molecule is CC[C@@H](CCCc1ccc(F)cc1)CN(Cc1ccc(OC)cc1)S(=O)(=O)c1ccc(C)cc1. The first-order valence-corrected chi connectivity index (χ1v) is 13.2. The van der Waals surface area contributed by atoms with Gasteiger partial charge in [0, 0.05) is 13.1 Å². The van der Waals surface area contributed by atoms with Crippen LogP contribution in [-0.4, -0.2) is 26.4 Å². The maximum Gasteiger partial charge on any atom is 0.243 e. The summed E-state index contributed by atoms with van der Waals surface area (Å²) >= 11 is 0. The Morgan fingerprint density at radius 3 is 2.12 bits per heavy atom. The smallest absolute Gasteiger partial charge is 0.243 e. The monoisotopic (exact) mass is 483 g/mol. The lowest BCUT2D eigenvalue weighted by Crippen LogP contribution is -2.35. The molecule has 0 saturated carbocycles. The second-order valence-corrected chi connectivity index (χ2v) is 10.7. The van der Waals surface area contributed by atoms with E-state index in [0.717, 1.165) is 48.1 Å². The summed E-state index contributed by atoms with van der Waals surface area (Å²) in [6.07, 6.45) is 3.55. The van der Waals surface area contributed by atoms with Gasteiger partial charge in [-0.15, -0.1) is 0 Å². The van der Waals surface area contributed by atoms with Crippen molar-refractivity contribution in [1.29, 1.82) is 0 Å². The molecule has 6 heteroatoms. The van der Waals surface area contributed by atoms with Crippen LogP contribution in [0.25, 0.3) is 0 Å². The molecular formula is C28H34FNO3S. The molecule has 0 unspecified atom stereocenters. The number of hydrogen-bond donors (Lipinski definition) is 0. The van der Waals surface area contributed by atoms with Gasteiger partial charge < -0.3 is 4.74 Å². The minimum absolute atomic E-state index is 0.221. The van der Waals surface area contributed by atoms with Gasteiger partial charge in [-0.25, -0.2) is 12.8 Å². The molecule has 0 aliphatic heterocycles. The summed E-state index contributed by atoms with van der Waals surface area (Å²) in [6.45, 7) is 4.79. The van der Waals surface area contributed by atoms with Gasteiger partial charge in [-0.3, -0.25) is 0 Å². The van der Waals surface area contributed by atoms with Gasteiger partial charge in [-0.2, -0.15) is 4.31 Å². The standard InChI is InChI=1S/C28H34FNO3S/c1-4-23(6-5-7-24-10-14-26(29)15-11-24)20-30(21-25-12-16-27(33-3)17-13-25)34(31,32)28-18-8-22(2)9-19-28/h8-19,23H,4-7,20-21H2,1-3H3/t23-/m0/s1. The Kier molecular flexibility index (Phi) is 9.25. The fourth-order valence-electron chi connectivity index (χ4n) is 4.00. The molecule has 0 spiro atoms. The van der Waals surface area contributed by atoms with Crippen molar-refractivity contribution in [3.05, 3.63) is 95.3 Å². The number of methoxy groups -OCH3 is 1. The van der Waals surface area contributed by atoms with Gasteiger partial charge in [0.05, 0.1) is 12.0 Å². The molecule has 1 atom stereocenters. The minimum atomic E-state index is -3.66. The van der Waals surface area contributed by atoms with E-state index in [1.54, 1.807) is 23.5 Å². The van der Waals surface area contributed by atoms with Gasteiger partial charge in [-0.05, 0) is 79.6 Å². The lowest BCUT2D eigenvalue weighted by molar-refractivity contribution is 0.313. The van der Waals surface area contributed by atoms with Gasteiger partial charge >= 0.3 is 0 Å². The van der Waals surface area contributed by atoms with Crippen molar-refractivity contribution in [2.45, 2.75) is 51.0 Å². The highest BCUT2D eigenvalue weighted by molar-refractivity contribution is 7.89. The zero-order valence-electron chi connectivity index (χ0n) is 20.2. The Balaban J connectivity index is 1.76. The maximum atomic E-state index is 13.6. The fourth-order valence-corrected chi connectivity index (χ4v) is 5.50. The molecule has 0 N–H and O–H groups in total. The minimum Gasteiger partial charge on any atom is -0.497 e. The third kappa shape index (κ3) is 7.15. The van der Waals surface area contributed by atoms with Gasteiger partial charge in [0.25, 0.3) is 0 Å². The predicted molar refractivity (Wildman–Crippen MR) is 135 cm³/mol. The van der Waals surface area contributed by atoms with Crippen LogP contribution >= 0.6 is 0 Å². The number of ether oxygens (including phenoxy) is 1. The molecule has 4 nitrogen and oxygen atoms in total. The molecule has 3 aromatic carbocycles. The van der Waals surface area contributed by atoms with Crippen LogP contribution in [0.2, 0.25) is 0 Å². The van der Waals surface area contributed by atoms with Crippen molar-refractivity contribution >= 4 is 10.0 Å². The summed E-state index contributed by atoms with van der Waals surface area (Å²) in [5.41, 5.74) is 3.03. The Labute approximate surface area is 203 Å². The van der Waals surface area contributed by atoms with E-state index in [-0.39, 0.29) is 11.7 Å². The fraction of sp³-hybridized carbons (Fsp3) is 0.357. The molecule has 0 aromatic heterocycles. The topological polar surface area (TPSA) is 46.6 Å². The van der Waals surface area contributed by atoms with E-state index in [1.807, 2.05) is 55.5 Å². The van der Waals surface area contributed by atoms with Crippen LogP contribution in [0, 0.1) is 18.7 Å². The molecule has 3 rings (SSSR count). The van der Waals surface area contributed by atoms with Gasteiger partial charge in [0.15, 0.2) is 0 Å². The van der Waals surface area contributed by atoms with Crippen LogP contribution in [0.3, 0.4) is 0 Å². The van der Waals surface area contributed by atoms with E-state index >= 15 is 0 Å². The molecule has 0 aliphatic rings. The number of halogens is 1. The van der Waals surface area contributed by atoms with E-state index in [2.05, 4.69) is 6.92 Å². The zero-order valence-corrected chi connectivity index (χ0v) is 21.0. The second kappa shape index (κ2) is 12.1. The summed E-state index contributed by atoms with van der Waals surface area (Å²) < 4.78 is 47.2. The van der Waals surface area contributed by atoms with E-state index in [0.29, 0.717) is 18.0 Å². The lowest BCUT2D eigenvalue weighted by atomic mass is 9.97. The maximum absolute atomic E-state index is 13.6. The van der Waals surface area contributed by atoms with Crippen LogP contribution in [0.1, 0.15) is 42.9 Å². The first-order chi connectivity index (χ1) is 16.3. The molecule has 0 amide bonds. The zero-order chi connectivity index (χ0) is 24.6. The second-order valence-electron chi connectivity index (χ2n) is 8.75. The predicted octanol–water partition coefficient (Wildman–Crippen LogP) is 6.38. The average Bonchev–Trinajstić information content (AvgIpc) is 2.84. The summed E-state index contributed by atoms with van der Waals surface area (Å²) in [7, 11) is -2.05. The van der Waals surface area contributed by atoms with Crippen LogP contribution in [0.15, 0.2) is 77.7 Å². The third-order valence-corrected chi connectivity index (χ3v) is 8.03. The highest BCUT2D eigenvalue weighted by Gasteiger charge is 2.27. The molecule has 3 aromatic rings. The molecule has 182 valence electrons. The van der Waals surface area contributed by atoms with Crippen molar-refractivity contribution in [3.63, 3.8) is 0 Å². The van der Waals surface area contributed by atoms with E-state index in [1.165, 1.54) is 12.1 Å². The summed E-state index contributed by atoms with van der Waals surface area (Å²) in [5.74, 6) is 0.730.